The Morgan fingerprint density at radius 2 is 2.06 bits per heavy atom. The number of alkyl halides is 2. The molecule has 1 amide bonds. The molecule has 0 radical (unpaired) electrons. The highest BCUT2D eigenvalue weighted by atomic mass is 19.3. The number of rotatable bonds is 6. The fraction of sp³-hybridized carbons (Fsp3) is 0.462. The van der Waals surface area contributed by atoms with Crippen molar-refractivity contribution in [2.24, 2.45) is 7.05 Å². The Kier molecular flexibility index (Phi) is 5.89. The lowest BCUT2D eigenvalue weighted by atomic mass is 9.89. The first kappa shape index (κ1) is 22.0. The molecule has 4 rings (SSSR count). The molecular weight excluding hydrogens is 473 g/mol. The molecule has 3 atom stereocenters. The van der Waals surface area contributed by atoms with E-state index in [4.69, 9.17) is 8.85 Å². The van der Waals surface area contributed by atoms with E-state index >= 15 is 0 Å². The number of likely N-dealkylation sites (tertiary alicyclic amines) is 1. The van der Waals surface area contributed by atoms with Crippen LogP contribution in [0.3, 0.4) is 0 Å². The van der Waals surface area contributed by atoms with Gasteiger partial charge in [0.05, 0.1) is 23.4 Å². The summed E-state index contributed by atoms with van der Waals surface area (Å²) in [4.78, 5) is 35.9. The molecule has 1 unspecified atom stereocenters. The largest absolute Gasteiger partial charge is 0.371 e. The van der Waals surface area contributed by atoms with Crippen LogP contribution < -0.4 is 5.56 Å². The number of ether oxygens (including phenoxy) is 1. The number of methoxy groups -OCH3 is 1. The minimum atomic E-state index is -2.95. The third-order valence-corrected chi connectivity index (χ3v) is 7.14. The third-order valence-electron chi connectivity index (χ3n) is 7.14. The number of amides is 1. The van der Waals surface area contributed by atoms with Crippen LogP contribution in [0.1, 0.15) is 66.0 Å². The molecule has 1 saturated heterocycles. The summed E-state index contributed by atoms with van der Waals surface area (Å²) in [5.74, 6) is -2.54. The topological polar surface area (TPSA) is 77.3 Å². The molecule has 0 aliphatic carbocycles. The van der Waals surface area contributed by atoms with Crippen molar-refractivity contribution in [2.45, 2.75) is 57.5 Å². The number of aromatic nitrogens is 3. The summed E-state index contributed by atoms with van der Waals surface area (Å²) in [6.45, 7) is 0.389. The van der Waals surface area contributed by atoms with Gasteiger partial charge in [-0.15, -0.1) is 0 Å². The van der Waals surface area contributed by atoms with E-state index in [1.54, 1.807) is 19.9 Å². The van der Waals surface area contributed by atoms with Gasteiger partial charge in [0.15, 0.2) is 0 Å². The van der Waals surface area contributed by atoms with Crippen molar-refractivity contribution in [2.75, 3.05) is 13.7 Å². The first-order valence-corrected chi connectivity index (χ1v) is 11.5. The lowest BCUT2D eigenvalue weighted by Gasteiger charge is -2.28. The minimum absolute atomic E-state index is 0.112. The zero-order valence-corrected chi connectivity index (χ0v) is 20.4. The van der Waals surface area contributed by atoms with Crippen LogP contribution in [0.25, 0.3) is 11.0 Å². The van der Waals surface area contributed by atoms with Crippen LogP contribution in [0.2, 0.25) is 0 Å². The Hall–Kier alpha value is -3.27. The normalized spacial score (nSPS) is 22.5. The van der Waals surface area contributed by atoms with Gasteiger partial charge in [0.1, 0.15) is 23.4 Å². The minimum Gasteiger partial charge on any atom is -0.371 e. The Labute approximate surface area is 211 Å². The second-order valence-electron chi connectivity index (χ2n) is 9.32. The molecule has 1 aliphatic rings. The average molecular weight is 506 g/mol. The van der Waals surface area contributed by atoms with E-state index in [1.807, 2.05) is 0 Å². The maximum atomic E-state index is 14.8. The lowest BCUT2D eigenvalue weighted by Crippen LogP contribution is -2.40. The molecule has 0 bridgehead atoms. The number of fused-ring (bicyclic) bond motifs is 1. The number of carbonyl (C=O) groups is 1. The van der Waals surface area contributed by atoms with Gasteiger partial charge < -0.3 is 9.64 Å². The standard InChI is InChI=1S/C26H29F3N4O3/c1-14(17-7-6-8-18(22(17)27)23(28)29)9-21-19-10-20(25(35)32(4)24(19)31-13-30-21)26(36-5)11-15(2)33(12-26)16(3)34/h6-8,10,13-15,23H,9,11-12H2,1-5H3/t14-,15+,26?/m0/s1/i3D3. The van der Waals surface area contributed by atoms with Gasteiger partial charge in [-0.3, -0.25) is 14.2 Å². The number of hydrogen-bond donors (Lipinski definition) is 0. The molecule has 1 aliphatic heterocycles. The Balaban J connectivity index is 1.80. The van der Waals surface area contributed by atoms with E-state index in [2.05, 4.69) is 9.97 Å². The third kappa shape index (κ3) is 4.27. The lowest BCUT2D eigenvalue weighted by molar-refractivity contribution is -0.130. The molecule has 192 valence electrons. The number of aryl methyl sites for hydroxylation is 1. The highest BCUT2D eigenvalue weighted by Crippen LogP contribution is 2.39. The van der Waals surface area contributed by atoms with Crippen LogP contribution in [-0.4, -0.2) is 45.0 Å². The average Bonchev–Trinajstić information content (AvgIpc) is 3.22. The summed E-state index contributed by atoms with van der Waals surface area (Å²) < 4.78 is 71.1. The van der Waals surface area contributed by atoms with Crippen molar-refractivity contribution in [3.63, 3.8) is 0 Å². The molecule has 3 aromatic rings. The van der Waals surface area contributed by atoms with E-state index in [9.17, 15) is 22.8 Å². The van der Waals surface area contributed by atoms with Crippen molar-refractivity contribution >= 4 is 16.9 Å². The van der Waals surface area contributed by atoms with Crippen molar-refractivity contribution < 1.29 is 26.8 Å². The maximum absolute atomic E-state index is 14.8. The molecule has 3 heterocycles. The van der Waals surface area contributed by atoms with E-state index in [0.29, 0.717) is 16.7 Å². The van der Waals surface area contributed by atoms with Gasteiger partial charge in [0.25, 0.3) is 12.0 Å². The fourth-order valence-corrected chi connectivity index (χ4v) is 5.13. The highest BCUT2D eigenvalue weighted by Gasteiger charge is 2.47. The van der Waals surface area contributed by atoms with Gasteiger partial charge >= 0.3 is 0 Å². The van der Waals surface area contributed by atoms with Crippen molar-refractivity contribution in [1.82, 2.24) is 19.4 Å². The van der Waals surface area contributed by atoms with Gasteiger partial charge in [0.2, 0.25) is 5.91 Å². The van der Waals surface area contributed by atoms with Crippen LogP contribution in [0.4, 0.5) is 13.2 Å². The number of carbonyl (C=O) groups excluding carboxylic acids is 1. The number of hydrogen-bond acceptors (Lipinski definition) is 5. The molecule has 0 saturated carbocycles. The number of nitrogens with zero attached hydrogens (tertiary/aromatic N) is 4. The summed E-state index contributed by atoms with van der Waals surface area (Å²) in [5, 5.41) is 0.469. The van der Waals surface area contributed by atoms with Gasteiger partial charge in [-0.05, 0) is 30.9 Å². The van der Waals surface area contributed by atoms with E-state index in [-0.39, 0.29) is 30.5 Å². The molecule has 2 aromatic heterocycles. The van der Waals surface area contributed by atoms with Crippen LogP contribution in [-0.2, 0) is 28.6 Å². The second kappa shape index (κ2) is 9.65. The first-order chi connectivity index (χ1) is 18.2. The highest BCUT2D eigenvalue weighted by molar-refractivity contribution is 5.79. The number of pyridine rings is 1. The zero-order valence-electron chi connectivity index (χ0n) is 23.4. The molecule has 0 spiro atoms. The zero-order chi connectivity index (χ0) is 28.9. The van der Waals surface area contributed by atoms with E-state index in [0.717, 1.165) is 6.07 Å². The number of halogens is 3. The van der Waals surface area contributed by atoms with Crippen molar-refractivity contribution in [3.8, 4) is 0 Å². The van der Waals surface area contributed by atoms with E-state index in [1.165, 1.54) is 42.1 Å². The molecule has 36 heavy (non-hydrogen) atoms. The summed E-state index contributed by atoms with van der Waals surface area (Å²) >= 11 is 0. The quantitative estimate of drug-likeness (QED) is 0.501. The Bertz CT molecular complexity index is 1480. The smallest absolute Gasteiger partial charge is 0.266 e. The maximum Gasteiger partial charge on any atom is 0.266 e. The summed E-state index contributed by atoms with van der Waals surface area (Å²) in [7, 11) is 2.91. The monoisotopic (exact) mass is 505 g/mol. The Morgan fingerprint density at radius 1 is 1.33 bits per heavy atom. The molecule has 10 heteroatoms. The van der Waals surface area contributed by atoms with Crippen LogP contribution >= 0.6 is 0 Å². The fourth-order valence-electron chi connectivity index (χ4n) is 5.13. The van der Waals surface area contributed by atoms with Gasteiger partial charge in [-0.2, -0.15) is 0 Å². The Morgan fingerprint density at radius 3 is 2.72 bits per heavy atom. The van der Waals surface area contributed by atoms with Crippen molar-refractivity contribution in [3.05, 3.63) is 69.1 Å². The molecular formula is C26H29F3N4O3. The van der Waals surface area contributed by atoms with Gasteiger partial charge in [-0.25, -0.2) is 23.1 Å². The SMILES string of the molecule is [2H]C([2H])([2H])C(=O)N1CC(OC)(c2cc3c(C[C@H](C)c4cccc(C(F)F)c4F)ncnc3n(C)c2=O)C[C@H]1C. The summed E-state index contributed by atoms with van der Waals surface area (Å²) in [6.07, 6.45) is -1.35. The van der Waals surface area contributed by atoms with Crippen LogP contribution in [0.5, 0.6) is 0 Å². The molecule has 7 nitrogen and oxygen atoms in total. The summed E-state index contributed by atoms with van der Waals surface area (Å²) in [5.41, 5.74) is -1.34. The number of benzene rings is 1. The molecule has 1 aromatic carbocycles. The molecule has 0 N–H and O–H groups in total. The van der Waals surface area contributed by atoms with Gasteiger partial charge in [0, 0.05) is 43.0 Å². The molecule has 1 fully saturated rings. The summed E-state index contributed by atoms with van der Waals surface area (Å²) in [6, 6.07) is 4.94. The predicted octanol–water partition coefficient (Wildman–Crippen LogP) is 4.23. The van der Waals surface area contributed by atoms with Gasteiger partial charge in [-0.1, -0.05) is 25.1 Å². The van der Waals surface area contributed by atoms with Crippen molar-refractivity contribution in [1.29, 1.82) is 0 Å². The first-order valence-electron chi connectivity index (χ1n) is 13.0. The van der Waals surface area contributed by atoms with Crippen LogP contribution in [0, 0.1) is 5.82 Å². The van der Waals surface area contributed by atoms with E-state index < -0.39 is 53.7 Å². The second-order valence-corrected chi connectivity index (χ2v) is 9.32. The van der Waals surface area contributed by atoms with Crippen LogP contribution in [0.15, 0.2) is 35.4 Å². The predicted molar refractivity (Wildman–Crippen MR) is 128 cm³/mol.